The quantitative estimate of drug-likeness (QED) is 0.803. The molecule has 3 N–H and O–H groups in total. The smallest absolute Gasteiger partial charge is 0.319 e. The summed E-state index contributed by atoms with van der Waals surface area (Å²) in [6.07, 6.45) is 5.89. The van der Waals surface area contributed by atoms with Crippen molar-refractivity contribution < 1.29 is 9.90 Å². The van der Waals surface area contributed by atoms with Crippen molar-refractivity contribution in [2.45, 2.75) is 31.7 Å². The second-order valence-electron chi connectivity index (χ2n) is 5.85. The summed E-state index contributed by atoms with van der Waals surface area (Å²) in [5, 5.41) is 18.2. The van der Waals surface area contributed by atoms with Crippen LogP contribution in [0.1, 0.15) is 25.7 Å². The van der Waals surface area contributed by atoms with Crippen LogP contribution < -0.4 is 10.6 Å². The fourth-order valence-electron chi connectivity index (χ4n) is 3.05. The highest BCUT2D eigenvalue weighted by atomic mass is 32.1. The second kappa shape index (κ2) is 7.57. The van der Waals surface area contributed by atoms with Gasteiger partial charge in [-0.25, -0.2) is 9.78 Å². The van der Waals surface area contributed by atoms with Gasteiger partial charge in [-0.2, -0.15) is 0 Å². The second-order valence-corrected chi connectivity index (χ2v) is 6.74. The number of aliphatic hydroxyl groups is 1. The molecule has 1 aliphatic carbocycles. The largest absolute Gasteiger partial charge is 0.396 e. The lowest BCUT2D eigenvalue weighted by Crippen LogP contribution is -2.45. The van der Waals surface area contributed by atoms with Crippen molar-refractivity contribution in [2.75, 3.05) is 11.9 Å². The first-order valence-corrected chi connectivity index (χ1v) is 8.82. The summed E-state index contributed by atoms with van der Waals surface area (Å²) in [4.78, 5) is 16.5. The number of carbonyl (C=O) groups is 1. The maximum atomic E-state index is 12.2. The molecule has 0 spiro atoms. The summed E-state index contributed by atoms with van der Waals surface area (Å²) in [6.45, 7) is 0.129. The molecule has 0 aliphatic heterocycles. The third-order valence-corrected chi connectivity index (χ3v) is 5.08. The molecule has 0 saturated heterocycles. The van der Waals surface area contributed by atoms with Crippen LogP contribution in [-0.4, -0.2) is 28.8 Å². The molecule has 1 heterocycles. The number of hydrogen-bond acceptors (Lipinski definition) is 4. The molecule has 1 fully saturated rings. The van der Waals surface area contributed by atoms with Gasteiger partial charge in [-0.15, -0.1) is 11.3 Å². The van der Waals surface area contributed by atoms with Gasteiger partial charge in [0, 0.05) is 41.4 Å². The lowest BCUT2D eigenvalue weighted by molar-refractivity contribution is 0.156. The van der Waals surface area contributed by atoms with E-state index in [9.17, 15) is 9.90 Å². The van der Waals surface area contributed by atoms with Crippen molar-refractivity contribution in [3.8, 4) is 10.6 Å². The molecule has 23 heavy (non-hydrogen) atoms. The predicted molar refractivity (Wildman–Crippen MR) is 92.5 cm³/mol. The first-order valence-electron chi connectivity index (χ1n) is 7.94. The molecular formula is C17H21N3O2S. The number of aromatic nitrogens is 1. The molecule has 122 valence electrons. The Morgan fingerprint density at radius 2 is 2.22 bits per heavy atom. The molecule has 1 aromatic heterocycles. The van der Waals surface area contributed by atoms with E-state index in [-0.39, 0.29) is 24.6 Å². The fraction of sp³-hybridized carbons (Fsp3) is 0.412. The normalized spacial score (nSPS) is 20.9. The van der Waals surface area contributed by atoms with Gasteiger partial charge < -0.3 is 15.7 Å². The molecule has 1 aliphatic rings. The Labute approximate surface area is 139 Å². The Morgan fingerprint density at radius 1 is 1.35 bits per heavy atom. The number of rotatable bonds is 4. The number of thiazole rings is 1. The summed E-state index contributed by atoms with van der Waals surface area (Å²) in [5.74, 6) is 0.163. The molecule has 3 rings (SSSR count). The molecule has 2 aromatic rings. The maximum Gasteiger partial charge on any atom is 0.319 e. The average molecular weight is 331 g/mol. The minimum atomic E-state index is -0.216. The molecule has 2 atom stereocenters. The fourth-order valence-corrected chi connectivity index (χ4v) is 3.68. The third kappa shape index (κ3) is 4.09. The zero-order valence-electron chi connectivity index (χ0n) is 12.9. The van der Waals surface area contributed by atoms with E-state index < -0.39 is 0 Å². The number of benzene rings is 1. The summed E-state index contributed by atoms with van der Waals surface area (Å²) >= 11 is 1.57. The molecule has 1 saturated carbocycles. The monoisotopic (exact) mass is 331 g/mol. The Hall–Kier alpha value is -1.92. The van der Waals surface area contributed by atoms with Crippen LogP contribution in [0.3, 0.4) is 0 Å². The van der Waals surface area contributed by atoms with Gasteiger partial charge in [0.05, 0.1) is 0 Å². The van der Waals surface area contributed by atoms with E-state index >= 15 is 0 Å². The topological polar surface area (TPSA) is 74.2 Å². The number of nitrogens with one attached hydrogen (secondary N) is 2. The van der Waals surface area contributed by atoms with Gasteiger partial charge in [0.2, 0.25) is 0 Å². The van der Waals surface area contributed by atoms with Gasteiger partial charge in [-0.05, 0) is 25.0 Å². The van der Waals surface area contributed by atoms with Gasteiger partial charge in [0.25, 0.3) is 0 Å². The summed E-state index contributed by atoms with van der Waals surface area (Å²) < 4.78 is 0. The van der Waals surface area contributed by atoms with E-state index in [1.807, 2.05) is 29.6 Å². The highest BCUT2D eigenvalue weighted by Crippen LogP contribution is 2.25. The van der Waals surface area contributed by atoms with E-state index in [4.69, 9.17) is 0 Å². The van der Waals surface area contributed by atoms with Gasteiger partial charge >= 0.3 is 6.03 Å². The number of aliphatic hydroxyl groups excluding tert-OH is 1. The van der Waals surface area contributed by atoms with E-state index in [0.717, 1.165) is 41.9 Å². The van der Waals surface area contributed by atoms with Crippen LogP contribution in [0.5, 0.6) is 0 Å². The maximum absolute atomic E-state index is 12.2. The number of anilines is 1. The van der Waals surface area contributed by atoms with Crippen LogP contribution in [0.2, 0.25) is 0 Å². The van der Waals surface area contributed by atoms with Crippen LogP contribution in [0, 0.1) is 5.92 Å². The standard InChI is InChI=1S/C17H21N3O2S/c21-11-13-4-1-2-7-15(13)20-17(22)19-14-6-3-5-12(10-14)16-18-8-9-23-16/h3,5-6,8-10,13,15,21H,1-2,4,7,11H2,(H2,19,20,22)/t13-,15+/m0/s1. The van der Waals surface area contributed by atoms with Crippen molar-refractivity contribution in [1.82, 2.24) is 10.3 Å². The van der Waals surface area contributed by atoms with E-state index in [0.29, 0.717) is 0 Å². The minimum Gasteiger partial charge on any atom is -0.396 e. The number of amides is 2. The number of urea groups is 1. The van der Waals surface area contributed by atoms with Crippen LogP contribution in [0.4, 0.5) is 10.5 Å². The summed E-state index contributed by atoms with van der Waals surface area (Å²) in [6, 6.07) is 7.50. The molecule has 1 aromatic carbocycles. The Balaban J connectivity index is 1.62. The minimum absolute atomic E-state index is 0.0518. The Morgan fingerprint density at radius 3 is 3.00 bits per heavy atom. The predicted octanol–water partition coefficient (Wildman–Crippen LogP) is 3.48. The average Bonchev–Trinajstić information content (AvgIpc) is 3.10. The molecule has 5 nitrogen and oxygen atoms in total. The zero-order valence-corrected chi connectivity index (χ0v) is 13.7. The van der Waals surface area contributed by atoms with E-state index in [1.54, 1.807) is 17.5 Å². The van der Waals surface area contributed by atoms with Gasteiger partial charge in [0.15, 0.2) is 0 Å². The molecule has 2 amide bonds. The van der Waals surface area contributed by atoms with E-state index in [1.165, 1.54) is 0 Å². The van der Waals surface area contributed by atoms with Crippen LogP contribution in [0.25, 0.3) is 10.6 Å². The Bertz CT molecular complexity index is 645. The van der Waals surface area contributed by atoms with Crippen LogP contribution >= 0.6 is 11.3 Å². The molecule has 0 unspecified atom stereocenters. The molecule has 0 radical (unpaired) electrons. The molecule has 6 heteroatoms. The van der Waals surface area contributed by atoms with Gasteiger partial charge in [0.1, 0.15) is 5.01 Å². The number of nitrogens with zero attached hydrogens (tertiary/aromatic N) is 1. The highest BCUT2D eigenvalue weighted by Gasteiger charge is 2.25. The lowest BCUT2D eigenvalue weighted by atomic mass is 9.85. The Kier molecular flexibility index (Phi) is 5.25. The van der Waals surface area contributed by atoms with Crippen LogP contribution in [-0.2, 0) is 0 Å². The van der Waals surface area contributed by atoms with Crippen molar-refractivity contribution in [2.24, 2.45) is 5.92 Å². The van der Waals surface area contributed by atoms with Crippen LogP contribution in [0.15, 0.2) is 35.8 Å². The first-order chi connectivity index (χ1) is 11.3. The van der Waals surface area contributed by atoms with Gasteiger partial charge in [-0.3, -0.25) is 0 Å². The van der Waals surface area contributed by atoms with Crippen molar-refractivity contribution >= 4 is 23.1 Å². The number of hydrogen-bond donors (Lipinski definition) is 3. The SMILES string of the molecule is O=C(Nc1cccc(-c2nccs2)c1)N[C@@H]1CCCC[C@H]1CO. The van der Waals surface area contributed by atoms with Crippen molar-refractivity contribution in [3.63, 3.8) is 0 Å². The van der Waals surface area contributed by atoms with Crippen molar-refractivity contribution in [1.29, 1.82) is 0 Å². The summed E-state index contributed by atoms with van der Waals surface area (Å²) in [5.41, 5.74) is 1.73. The third-order valence-electron chi connectivity index (χ3n) is 4.26. The van der Waals surface area contributed by atoms with Gasteiger partial charge in [-0.1, -0.05) is 25.0 Å². The zero-order chi connectivity index (χ0) is 16.1. The summed E-state index contributed by atoms with van der Waals surface area (Å²) in [7, 11) is 0. The van der Waals surface area contributed by atoms with Crippen molar-refractivity contribution in [3.05, 3.63) is 35.8 Å². The highest BCUT2D eigenvalue weighted by molar-refractivity contribution is 7.13. The van der Waals surface area contributed by atoms with E-state index in [2.05, 4.69) is 15.6 Å². The first kappa shape index (κ1) is 16.0. The molecular weight excluding hydrogens is 310 g/mol. The lowest BCUT2D eigenvalue weighted by Gasteiger charge is -2.30. The number of carbonyl (C=O) groups excluding carboxylic acids is 1. The molecule has 0 bridgehead atoms.